The summed E-state index contributed by atoms with van der Waals surface area (Å²) < 4.78 is 12.1. The van der Waals surface area contributed by atoms with Crippen LogP contribution in [0.15, 0.2) is 49.6 Å². The van der Waals surface area contributed by atoms with E-state index in [0.29, 0.717) is 24.9 Å². The first kappa shape index (κ1) is 29.8. The molecule has 3 heterocycles. The van der Waals surface area contributed by atoms with Crippen molar-refractivity contribution in [3.63, 3.8) is 0 Å². The molecule has 2 unspecified atom stereocenters. The summed E-state index contributed by atoms with van der Waals surface area (Å²) in [4.78, 5) is 47.4. The fourth-order valence-corrected chi connectivity index (χ4v) is 7.07. The zero-order chi connectivity index (χ0) is 29.2. The topological polar surface area (TPSA) is 99.6 Å². The van der Waals surface area contributed by atoms with Gasteiger partial charge in [0.1, 0.15) is 24.2 Å². The summed E-state index contributed by atoms with van der Waals surface area (Å²) in [5.41, 5.74) is -0.414. The van der Waals surface area contributed by atoms with Crippen molar-refractivity contribution in [1.29, 1.82) is 0 Å². The smallest absolute Gasteiger partial charge is 0.313 e. The van der Waals surface area contributed by atoms with Gasteiger partial charge in [-0.3, -0.25) is 14.4 Å². The highest BCUT2D eigenvalue weighted by Gasteiger charge is 2.79. The standard InChI is InChI=1S/C31H43N3O6/c1-7-18-33(23-14-12-22(13-15-23)32(10-4)11-5)28(37)26-31-17-16-30(6,40-31)25(29(38)39-19-8-2)24(31)27(36)34(26)21(9-3)20-35/h7-8,12-15,21,24-26,35H,1-2,9-11,16-20H2,3-6H3/t21-,24-,25-,26?,30+,31?/m0/s1. The third-order valence-electron chi connectivity index (χ3n) is 8.99. The summed E-state index contributed by atoms with van der Waals surface area (Å²) in [5.74, 6) is -2.93. The Bertz CT molecular complexity index is 1130. The van der Waals surface area contributed by atoms with Crippen molar-refractivity contribution in [2.75, 3.05) is 42.6 Å². The minimum absolute atomic E-state index is 0.0240. The molecule has 0 saturated carbocycles. The number of amides is 2. The summed E-state index contributed by atoms with van der Waals surface area (Å²) in [6.07, 6.45) is 4.54. The maximum Gasteiger partial charge on any atom is 0.313 e. The van der Waals surface area contributed by atoms with Crippen molar-refractivity contribution in [2.45, 2.75) is 70.2 Å². The lowest BCUT2D eigenvalue weighted by atomic mass is 9.66. The van der Waals surface area contributed by atoms with Crippen molar-refractivity contribution >= 4 is 29.2 Å². The lowest BCUT2D eigenvalue weighted by Crippen LogP contribution is -2.59. The van der Waals surface area contributed by atoms with Gasteiger partial charge in [0.2, 0.25) is 5.91 Å². The van der Waals surface area contributed by atoms with Gasteiger partial charge in [-0.1, -0.05) is 25.7 Å². The van der Waals surface area contributed by atoms with Crippen LogP contribution in [-0.2, 0) is 23.9 Å². The Balaban J connectivity index is 1.78. The van der Waals surface area contributed by atoms with Crippen molar-refractivity contribution in [3.8, 4) is 0 Å². The molecule has 0 aliphatic carbocycles. The van der Waals surface area contributed by atoms with E-state index in [1.165, 1.54) is 11.0 Å². The highest BCUT2D eigenvalue weighted by molar-refractivity contribution is 6.05. The molecule has 2 bridgehead atoms. The number of nitrogens with zero attached hydrogens (tertiary/aromatic N) is 3. The van der Waals surface area contributed by atoms with E-state index in [1.807, 2.05) is 38.1 Å². The second-order valence-electron chi connectivity index (χ2n) is 11.1. The zero-order valence-electron chi connectivity index (χ0n) is 24.2. The third-order valence-corrected chi connectivity index (χ3v) is 8.99. The first-order valence-corrected chi connectivity index (χ1v) is 14.4. The van der Waals surface area contributed by atoms with Crippen LogP contribution in [0.4, 0.5) is 11.4 Å². The van der Waals surface area contributed by atoms with Crippen LogP contribution in [0.2, 0.25) is 0 Å². The fraction of sp³-hybridized carbons (Fsp3) is 0.581. The average Bonchev–Trinajstić information content (AvgIpc) is 3.53. The van der Waals surface area contributed by atoms with Crippen molar-refractivity contribution in [3.05, 3.63) is 49.6 Å². The molecular formula is C31H43N3O6. The normalized spacial score (nSPS) is 29.2. The largest absolute Gasteiger partial charge is 0.461 e. The van der Waals surface area contributed by atoms with Gasteiger partial charge in [-0.25, -0.2) is 0 Å². The number of esters is 1. The summed E-state index contributed by atoms with van der Waals surface area (Å²) in [6.45, 7) is 17.0. The molecule has 1 aromatic carbocycles. The van der Waals surface area contributed by atoms with Gasteiger partial charge >= 0.3 is 5.97 Å². The number of carbonyl (C=O) groups excluding carboxylic acids is 3. The van der Waals surface area contributed by atoms with Gasteiger partial charge in [-0.15, -0.1) is 6.58 Å². The van der Waals surface area contributed by atoms with Crippen LogP contribution in [0.3, 0.4) is 0 Å². The van der Waals surface area contributed by atoms with E-state index < -0.39 is 41.1 Å². The van der Waals surface area contributed by atoms with Crippen LogP contribution in [0.1, 0.15) is 47.0 Å². The van der Waals surface area contributed by atoms with Crippen molar-refractivity contribution in [2.24, 2.45) is 11.8 Å². The van der Waals surface area contributed by atoms with Crippen LogP contribution in [-0.4, -0.2) is 83.9 Å². The van der Waals surface area contributed by atoms with E-state index in [2.05, 4.69) is 31.9 Å². The Morgan fingerprint density at radius 3 is 2.35 bits per heavy atom. The maximum absolute atomic E-state index is 14.6. The Kier molecular flexibility index (Phi) is 8.75. The number of hydrogen-bond acceptors (Lipinski definition) is 7. The Labute approximate surface area is 237 Å². The van der Waals surface area contributed by atoms with E-state index in [0.717, 1.165) is 18.8 Å². The first-order chi connectivity index (χ1) is 19.2. The Morgan fingerprint density at radius 1 is 1.15 bits per heavy atom. The van der Waals surface area contributed by atoms with E-state index in [1.54, 1.807) is 11.0 Å². The second-order valence-corrected chi connectivity index (χ2v) is 11.1. The number of carbonyl (C=O) groups is 3. The number of likely N-dealkylation sites (tertiary alicyclic amines) is 1. The van der Waals surface area contributed by atoms with Gasteiger partial charge < -0.3 is 29.3 Å². The van der Waals surface area contributed by atoms with Crippen LogP contribution >= 0.6 is 0 Å². The SMILES string of the molecule is C=CCOC(=O)[C@@H]1[C@H]2C(=O)N([C@@H](CC)CO)C(C(=O)N(CC=C)c3ccc(N(CC)CC)cc3)C23CC[C@@]1(C)O3. The minimum Gasteiger partial charge on any atom is -0.461 e. The van der Waals surface area contributed by atoms with Gasteiger partial charge in [-0.2, -0.15) is 0 Å². The van der Waals surface area contributed by atoms with Gasteiger partial charge in [0.25, 0.3) is 5.91 Å². The molecular weight excluding hydrogens is 510 g/mol. The zero-order valence-corrected chi connectivity index (χ0v) is 24.2. The lowest BCUT2D eigenvalue weighted by molar-refractivity contribution is -0.159. The fourth-order valence-electron chi connectivity index (χ4n) is 7.07. The van der Waals surface area contributed by atoms with Crippen molar-refractivity contribution < 1.29 is 29.0 Å². The minimum atomic E-state index is -1.20. The predicted molar refractivity (Wildman–Crippen MR) is 154 cm³/mol. The quantitative estimate of drug-likeness (QED) is 0.296. The molecule has 1 N–H and O–H groups in total. The third kappa shape index (κ3) is 4.63. The van der Waals surface area contributed by atoms with Crippen LogP contribution in [0, 0.1) is 11.8 Å². The summed E-state index contributed by atoms with van der Waals surface area (Å²) >= 11 is 0. The molecule has 1 aromatic rings. The van der Waals surface area contributed by atoms with Crippen LogP contribution < -0.4 is 9.80 Å². The molecule has 3 aliphatic heterocycles. The number of aliphatic hydroxyl groups excluding tert-OH is 1. The predicted octanol–water partition coefficient (Wildman–Crippen LogP) is 3.32. The maximum atomic E-state index is 14.6. The van der Waals surface area contributed by atoms with Crippen LogP contribution in [0.25, 0.3) is 0 Å². The highest BCUT2D eigenvalue weighted by atomic mass is 16.6. The first-order valence-electron chi connectivity index (χ1n) is 14.4. The molecule has 1 spiro atoms. The molecule has 4 rings (SSSR count). The summed E-state index contributed by atoms with van der Waals surface area (Å²) in [6, 6.07) is 6.16. The molecule has 0 radical (unpaired) electrons. The molecule has 3 saturated heterocycles. The molecule has 3 fully saturated rings. The van der Waals surface area contributed by atoms with Gasteiger partial charge in [0.15, 0.2) is 0 Å². The Hall–Kier alpha value is -3.17. The summed E-state index contributed by atoms with van der Waals surface area (Å²) in [7, 11) is 0. The second kappa shape index (κ2) is 11.7. The number of anilines is 2. The van der Waals surface area contributed by atoms with E-state index >= 15 is 0 Å². The number of fused-ring (bicyclic) bond motifs is 1. The lowest BCUT2D eigenvalue weighted by Gasteiger charge is -2.39. The van der Waals surface area contributed by atoms with E-state index in [4.69, 9.17) is 9.47 Å². The molecule has 9 heteroatoms. The molecule has 218 valence electrons. The number of rotatable bonds is 13. The average molecular weight is 554 g/mol. The molecule has 6 atom stereocenters. The van der Waals surface area contributed by atoms with E-state index in [-0.39, 0.29) is 31.6 Å². The van der Waals surface area contributed by atoms with Gasteiger partial charge in [0, 0.05) is 31.0 Å². The molecule has 0 aromatic heterocycles. The van der Waals surface area contributed by atoms with Gasteiger partial charge in [0.05, 0.1) is 24.2 Å². The van der Waals surface area contributed by atoms with Crippen LogP contribution in [0.5, 0.6) is 0 Å². The summed E-state index contributed by atoms with van der Waals surface area (Å²) in [5, 5.41) is 10.3. The number of benzene rings is 1. The molecule has 9 nitrogen and oxygen atoms in total. The number of hydrogen-bond donors (Lipinski definition) is 1. The van der Waals surface area contributed by atoms with E-state index in [9.17, 15) is 19.5 Å². The molecule has 40 heavy (non-hydrogen) atoms. The Morgan fingerprint density at radius 2 is 1.80 bits per heavy atom. The monoisotopic (exact) mass is 553 g/mol. The van der Waals surface area contributed by atoms with Crippen molar-refractivity contribution in [1.82, 2.24) is 4.90 Å². The molecule has 3 aliphatic rings. The number of aliphatic hydroxyl groups is 1. The molecule has 2 amide bonds. The van der Waals surface area contributed by atoms with Gasteiger partial charge in [-0.05, 0) is 64.3 Å². The number of ether oxygens (including phenoxy) is 2. The highest BCUT2D eigenvalue weighted by Crippen LogP contribution is 2.63.